The lowest BCUT2D eigenvalue weighted by atomic mass is 9.74. The van der Waals surface area contributed by atoms with Gasteiger partial charge in [-0.05, 0) is 37.0 Å². The van der Waals surface area contributed by atoms with E-state index in [0.29, 0.717) is 37.4 Å². The van der Waals surface area contributed by atoms with Crippen molar-refractivity contribution in [3.8, 4) is 0 Å². The summed E-state index contributed by atoms with van der Waals surface area (Å²) in [5.74, 6) is -0.785. The number of carboxylic acid groups (broad SMARTS) is 1. The minimum absolute atomic E-state index is 0.00624. The van der Waals surface area contributed by atoms with Gasteiger partial charge in [0.15, 0.2) is 0 Å². The van der Waals surface area contributed by atoms with Gasteiger partial charge in [-0.15, -0.1) is 0 Å². The number of carbonyl (C=O) groups is 2. The Bertz CT molecular complexity index is 522. The number of likely N-dealkylation sites (tertiary alicyclic amines) is 1. The molecule has 1 aliphatic rings. The van der Waals surface area contributed by atoms with Crippen LogP contribution >= 0.6 is 11.6 Å². The fourth-order valence-corrected chi connectivity index (χ4v) is 2.97. The number of carbonyl (C=O) groups excluding carboxylic acids is 1. The van der Waals surface area contributed by atoms with Crippen LogP contribution < -0.4 is 0 Å². The Kier molecular flexibility index (Phi) is 4.33. The van der Waals surface area contributed by atoms with Crippen LogP contribution in [0.15, 0.2) is 24.3 Å². The van der Waals surface area contributed by atoms with Crippen molar-refractivity contribution in [2.24, 2.45) is 5.41 Å². The van der Waals surface area contributed by atoms with Gasteiger partial charge in [0.25, 0.3) is 0 Å². The van der Waals surface area contributed by atoms with E-state index in [1.165, 1.54) is 6.92 Å². The number of nitrogens with zero attached hydrogens (tertiary/aromatic N) is 1. The van der Waals surface area contributed by atoms with E-state index in [0.717, 1.165) is 5.56 Å². The van der Waals surface area contributed by atoms with Crippen molar-refractivity contribution in [1.82, 2.24) is 4.90 Å². The summed E-state index contributed by atoms with van der Waals surface area (Å²) in [7, 11) is 0. The predicted octanol–water partition coefficient (Wildman–Crippen LogP) is 2.60. The number of amides is 1. The Morgan fingerprint density at radius 3 is 2.50 bits per heavy atom. The van der Waals surface area contributed by atoms with E-state index < -0.39 is 11.4 Å². The van der Waals surface area contributed by atoms with Crippen molar-refractivity contribution in [3.05, 3.63) is 34.9 Å². The molecule has 1 aromatic rings. The Morgan fingerprint density at radius 2 is 2.00 bits per heavy atom. The third kappa shape index (κ3) is 3.12. The van der Waals surface area contributed by atoms with Crippen LogP contribution in [-0.4, -0.2) is 35.0 Å². The van der Waals surface area contributed by atoms with Gasteiger partial charge in [-0.3, -0.25) is 9.59 Å². The van der Waals surface area contributed by atoms with Crippen LogP contribution in [0.5, 0.6) is 0 Å². The van der Waals surface area contributed by atoms with Crippen molar-refractivity contribution >= 4 is 23.5 Å². The molecule has 1 fully saturated rings. The van der Waals surface area contributed by atoms with Crippen molar-refractivity contribution in [2.45, 2.75) is 26.2 Å². The van der Waals surface area contributed by atoms with Gasteiger partial charge in [0.1, 0.15) is 0 Å². The number of hydrogen-bond acceptors (Lipinski definition) is 2. The molecule has 0 unspecified atom stereocenters. The summed E-state index contributed by atoms with van der Waals surface area (Å²) < 4.78 is 0. The predicted molar refractivity (Wildman–Crippen MR) is 76.7 cm³/mol. The van der Waals surface area contributed by atoms with Crippen LogP contribution in [0, 0.1) is 5.41 Å². The highest BCUT2D eigenvalue weighted by molar-refractivity contribution is 6.30. The van der Waals surface area contributed by atoms with Gasteiger partial charge in [-0.1, -0.05) is 23.7 Å². The molecule has 1 aliphatic heterocycles. The van der Waals surface area contributed by atoms with E-state index in [1.807, 2.05) is 18.2 Å². The summed E-state index contributed by atoms with van der Waals surface area (Å²) in [6, 6.07) is 7.31. The SMILES string of the molecule is CC(=O)N1CCC(Cc2cccc(Cl)c2)(C(=O)O)CC1. The maximum Gasteiger partial charge on any atom is 0.310 e. The summed E-state index contributed by atoms with van der Waals surface area (Å²) in [6.45, 7) is 2.52. The third-order valence-corrected chi connectivity index (χ3v) is 4.29. The zero-order valence-electron chi connectivity index (χ0n) is 11.4. The van der Waals surface area contributed by atoms with Gasteiger partial charge in [-0.25, -0.2) is 0 Å². The minimum atomic E-state index is -0.795. The van der Waals surface area contributed by atoms with Crippen molar-refractivity contribution in [3.63, 3.8) is 0 Å². The normalized spacial score (nSPS) is 17.8. The molecule has 1 saturated heterocycles. The molecule has 4 nitrogen and oxygen atoms in total. The number of rotatable bonds is 3. The maximum absolute atomic E-state index is 11.7. The first-order chi connectivity index (χ1) is 9.43. The number of aliphatic carboxylic acids is 1. The van der Waals surface area contributed by atoms with Gasteiger partial charge in [-0.2, -0.15) is 0 Å². The first-order valence-electron chi connectivity index (χ1n) is 6.66. The largest absolute Gasteiger partial charge is 0.481 e. The number of carboxylic acids is 1. The number of halogens is 1. The molecule has 108 valence electrons. The lowest BCUT2D eigenvalue weighted by Gasteiger charge is -2.38. The average molecular weight is 296 g/mol. The fourth-order valence-electron chi connectivity index (χ4n) is 2.75. The van der Waals surface area contributed by atoms with Crippen molar-refractivity contribution in [1.29, 1.82) is 0 Å². The molecule has 0 bridgehead atoms. The van der Waals surface area contributed by atoms with E-state index in [9.17, 15) is 14.7 Å². The van der Waals surface area contributed by atoms with Crippen molar-refractivity contribution in [2.75, 3.05) is 13.1 Å². The summed E-state index contributed by atoms with van der Waals surface area (Å²) in [6.07, 6.45) is 1.41. The van der Waals surface area contributed by atoms with Gasteiger partial charge in [0.2, 0.25) is 5.91 Å². The fraction of sp³-hybridized carbons (Fsp3) is 0.467. The Hall–Kier alpha value is -1.55. The average Bonchev–Trinajstić information content (AvgIpc) is 2.39. The summed E-state index contributed by atoms with van der Waals surface area (Å²) in [5.41, 5.74) is 0.132. The van der Waals surface area contributed by atoms with Crippen LogP contribution in [0.3, 0.4) is 0 Å². The molecule has 1 aromatic carbocycles. The van der Waals surface area contributed by atoms with E-state index in [-0.39, 0.29) is 5.91 Å². The molecular weight excluding hydrogens is 278 g/mol. The van der Waals surface area contributed by atoms with Gasteiger partial charge in [0, 0.05) is 25.0 Å². The first-order valence-corrected chi connectivity index (χ1v) is 7.04. The Morgan fingerprint density at radius 1 is 1.35 bits per heavy atom. The Balaban J connectivity index is 2.16. The summed E-state index contributed by atoms with van der Waals surface area (Å²) in [4.78, 5) is 24.8. The number of hydrogen-bond donors (Lipinski definition) is 1. The molecule has 0 aliphatic carbocycles. The van der Waals surface area contributed by atoms with Gasteiger partial charge in [0.05, 0.1) is 5.41 Å². The molecule has 2 rings (SSSR count). The second-order valence-corrected chi connectivity index (χ2v) is 5.83. The van der Waals surface area contributed by atoms with Gasteiger partial charge >= 0.3 is 5.97 Å². The van der Waals surface area contributed by atoms with Crippen LogP contribution in [0.1, 0.15) is 25.3 Å². The molecule has 1 N–H and O–H groups in total. The summed E-state index contributed by atoms with van der Waals surface area (Å²) >= 11 is 5.95. The Labute approximate surface area is 123 Å². The zero-order valence-corrected chi connectivity index (χ0v) is 12.2. The highest BCUT2D eigenvalue weighted by Gasteiger charge is 2.42. The lowest BCUT2D eigenvalue weighted by molar-refractivity contribution is -0.154. The van der Waals surface area contributed by atoms with E-state index in [1.54, 1.807) is 11.0 Å². The van der Waals surface area contributed by atoms with Crippen LogP contribution in [0.4, 0.5) is 0 Å². The summed E-state index contributed by atoms with van der Waals surface area (Å²) in [5, 5.41) is 10.2. The third-order valence-electron chi connectivity index (χ3n) is 4.05. The molecular formula is C15H18ClNO3. The zero-order chi connectivity index (χ0) is 14.8. The van der Waals surface area contributed by atoms with E-state index in [4.69, 9.17) is 11.6 Å². The topological polar surface area (TPSA) is 57.6 Å². The smallest absolute Gasteiger partial charge is 0.310 e. The molecule has 1 amide bonds. The van der Waals surface area contributed by atoms with Crippen LogP contribution in [0.25, 0.3) is 0 Å². The monoisotopic (exact) mass is 295 g/mol. The molecule has 1 heterocycles. The first kappa shape index (κ1) is 14.9. The van der Waals surface area contributed by atoms with Gasteiger partial charge < -0.3 is 10.0 Å². The van der Waals surface area contributed by atoms with E-state index in [2.05, 4.69) is 0 Å². The molecule has 0 saturated carbocycles. The van der Waals surface area contributed by atoms with Crippen LogP contribution in [0.2, 0.25) is 5.02 Å². The standard InChI is InChI=1S/C15H18ClNO3/c1-11(18)17-7-5-15(6-8-17,14(19)20)10-12-3-2-4-13(16)9-12/h2-4,9H,5-8,10H2,1H3,(H,19,20). The highest BCUT2D eigenvalue weighted by Crippen LogP contribution is 2.36. The van der Waals surface area contributed by atoms with E-state index >= 15 is 0 Å². The molecule has 0 spiro atoms. The maximum atomic E-state index is 11.7. The minimum Gasteiger partial charge on any atom is -0.481 e. The molecule has 5 heteroatoms. The van der Waals surface area contributed by atoms with Crippen LogP contribution in [-0.2, 0) is 16.0 Å². The number of piperidine rings is 1. The molecule has 0 radical (unpaired) electrons. The number of benzene rings is 1. The molecule has 20 heavy (non-hydrogen) atoms. The quantitative estimate of drug-likeness (QED) is 0.932. The highest BCUT2D eigenvalue weighted by atomic mass is 35.5. The second-order valence-electron chi connectivity index (χ2n) is 5.40. The van der Waals surface area contributed by atoms with Crippen molar-refractivity contribution < 1.29 is 14.7 Å². The second kappa shape index (κ2) is 5.83. The molecule has 0 aromatic heterocycles. The lowest BCUT2D eigenvalue weighted by Crippen LogP contribution is -2.47. The molecule has 0 atom stereocenters.